The quantitative estimate of drug-likeness (QED) is 0.765. The Labute approximate surface area is 102 Å². The van der Waals surface area contributed by atoms with Crippen molar-refractivity contribution in [2.45, 2.75) is 25.9 Å². The topological polar surface area (TPSA) is 41.6 Å². The molecule has 5 heteroatoms. The number of nitrogens with zero attached hydrogens (tertiary/aromatic N) is 1. The zero-order chi connectivity index (χ0) is 12.0. The SMILES string of the molecule is CC[C@@]1(C)CN(C(=O)NCCSC)CCO1. The van der Waals surface area contributed by atoms with Crippen molar-refractivity contribution in [1.82, 2.24) is 10.2 Å². The Hall–Kier alpha value is -0.420. The molecule has 0 saturated carbocycles. The van der Waals surface area contributed by atoms with E-state index in [-0.39, 0.29) is 11.6 Å². The smallest absolute Gasteiger partial charge is 0.317 e. The maximum Gasteiger partial charge on any atom is 0.317 e. The Morgan fingerprint density at radius 1 is 1.62 bits per heavy atom. The third-order valence-corrected chi connectivity index (χ3v) is 3.57. The van der Waals surface area contributed by atoms with Crippen LogP contribution >= 0.6 is 11.8 Å². The zero-order valence-corrected chi connectivity index (χ0v) is 11.2. The van der Waals surface area contributed by atoms with Crippen molar-refractivity contribution < 1.29 is 9.53 Å². The molecule has 94 valence electrons. The molecule has 0 aromatic heterocycles. The van der Waals surface area contributed by atoms with E-state index >= 15 is 0 Å². The number of hydrogen-bond donors (Lipinski definition) is 1. The van der Waals surface area contributed by atoms with Gasteiger partial charge in [-0.1, -0.05) is 6.92 Å². The first kappa shape index (κ1) is 13.6. The molecule has 4 nitrogen and oxygen atoms in total. The highest BCUT2D eigenvalue weighted by Gasteiger charge is 2.32. The molecule has 1 atom stereocenters. The molecule has 0 bridgehead atoms. The number of hydrogen-bond acceptors (Lipinski definition) is 3. The second-order valence-corrected chi connectivity index (χ2v) is 5.28. The van der Waals surface area contributed by atoms with Crippen molar-refractivity contribution in [3.05, 3.63) is 0 Å². The van der Waals surface area contributed by atoms with Gasteiger partial charge in [0.1, 0.15) is 0 Å². The van der Waals surface area contributed by atoms with Crippen molar-refractivity contribution in [2.75, 3.05) is 38.2 Å². The van der Waals surface area contributed by atoms with E-state index in [1.165, 1.54) is 0 Å². The highest BCUT2D eigenvalue weighted by Crippen LogP contribution is 2.20. The van der Waals surface area contributed by atoms with E-state index in [1.807, 2.05) is 11.2 Å². The van der Waals surface area contributed by atoms with E-state index in [1.54, 1.807) is 11.8 Å². The number of ether oxygens (including phenoxy) is 1. The largest absolute Gasteiger partial charge is 0.372 e. The normalized spacial score (nSPS) is 25.6. The van der Waals surface area contributed by atoms with Gasteiger partial charge < -0.3 is 15.0 Å². The highest BCUT2D eigenvalue weighted by atomic mass is 32.2. The Bertz CT molecular complexity index is 238. The average molecular weight is 246 g/mol. The van der Waals surface area contributed by atoms with Crippen molar-refractivity contribution in [3.63, 3.8) is 0 Å². The second-order valence-electron chi connectivity index (χ2n) is 4.30. The van der Waals surface area contributed by atoms with Crippen LogP contribution in [0.4, 0.5) is 4.79 Å². The van der Waals surface area contributed by atoms with E-state index in [0.29, 0.717) is 19.7 Å². The second kappa shape index (κ2) is 6.35. The summed E-state index contributed by atoms with van der Waals surface area (Å²) < 4.78 is 5.69. The van der Waals surface area contributed by atoms with Gasteiger partial charge in [-0.3, -0.25) is 0 Å². The number of urea groups is 1. The summed E-state index contributed by atoms with van der Waals surface area (Å²) in [5.41, 5.74) is -0.172. The Morgan fingerprint density at radius 2 is 2.38 bits per heavy atom. The third-order valence-electron chi connectivity index (χ3n) is 2.95. The predicted molar refractivity (Wildman–Crippen MR) is 68.0 cm³/mol. The fraction of sp³-hybridized carbons (Fsp3) is 0.909. The molecule has 16 heavy (non-hydrogen) atoms. The van der Waals surface area contributed by atoms with Gasteiger partial charge in [-0.05, 0) is 19.6 Å². The van der Waals surface area contributed by atoms with Crippen LogP contribution in [-0.4, -0.2) is 54.8 Å². The summed E-state index contributed by atoms with van der Waals surface area (Å²) in [6.45, 7) is 6.92. The molecule has 0 aromatic rings. The fourth-order valence-electron chi connectivity index (χ4n) is 1.69. The van der Waals surface area contributed by atoms with Crippen LogP contribution in [0.5, 0.6) is 0 Å². The van der Waals surface area contributed by atoms with Gasteiger partial charge in [0.15, 0.2) is 0 Å². The monoisotopic (exact) mass is 246 g/mol. The first-order chi connectivity index (χ1) is 7.61. The maximum atomic E-state index is 11.8. The van der Waals surface area contributed by atoms with E-state index in [4.69, 9.17) is 4.74 Å². The summed E-state index contributed by atoms with van der Waals surface area (Å²) in [7, 11) is 0. The van der Waals surface area contributed by atoms with E-state index in [9.17, 15) is 4.79 Å². The first-order valence-electron chi connectivity index (χ1n) is 5.77. The van der Waals surface area contributed by atoms with Gasteiger partial charge in [0.05, 0.1) is 18.8 Å². The molecule has 1 N–H and O–H groups in total. The van der Waals surface area contributed by atoms with E-state index in [0.717, 1.165) is 18.7 Å². The van der Waals surface area contributed by atoms with E-state index in [2.05, 4.69) is 19.2 Å². The molecule has 1 rings (SSSR count). The van der Waals surface area contributed by atoms with Crippen LogP contribution in [0.3, 0.4) is 0 Å². The zero-order valence-electron chi connectivity index (χ0n) is 10.4. The number of thioether (sulfide) groups is 1. The van der Waals surface area contributed by atoms with Crippen LogP contribution in [0.2, 0.25) is 0 Å². The number of carbonyl (C=O) groups excluding carboxylic acids is 1. The van der Waals surface area contributed by atoms with Crippen LogP contribution in [-0.2, 0) is 4.74 Å². The van der Waals surface area contributed by atoms with Gasteiger partial charge in [-0.2, -0.15) is 11.8 Å². The van der Waals surface area contributed by atoms with Crippen molar-refractivity contribution >= 4 is 17.8 Å². The molecule has 2 amide bonds. The number of carbonyl (C=O) groups is 1. The third kappa shape index (κ3) is 3.87. The standard InChI is InChI=1S/C11H22N2O2S/c1-4-11(2)9-13(6-7-15-11)10(14)12-5-8-16-3/h4-9H2,1-3H3,(H,12,14)/t11-/m0/s1. The minimum atomic E-state index is -0.172. The molecule has 0 aromatic carbocycles. The lowest BCUT2D eigenvalue weighted by molar-refractivity contribution is -0.0872. The number of morpholine rings is 1. The van der Waals surface area contributed by atoms with Crippen LogP contribution in [0, 0.1) is 0 Å². The lowest BCUT2D eigenvalue weighted by atomic mass is 10.0. The minimum Gasteiger partial charge on any atom is -0.372 e. The summed E-state index contributed by atoms with van der Waals surface area (Å²) in [4.78, 5) is 13.7. The fourth-order valence-corrected chi connectivity index (χ4v) is 2.00. The lowest BCUT2D eigenvalue weighted by Crippen LogP contribution is -2.54. The maximum absolute atomic E-state index is 11.8. The molecule has 1 heterocycles. The molecule has 1 fully saturated rings. The lowest BCUT2D eigenvalue weighted by Gasteiger charge is -2.39. The average Bonchev–Trinajstić information content (AvgIpc) is 2.29. The van der Waals surface area contributed by atoms with Gasteiger partial charge >= 0.3 is 6.03 Å². The Balaban J connectivity index is 2.38. The summed E-state index contributed by atoms with van der Waals surface area (Å²) in [5.74, 6) is 0.959. The molecule has 0 unspecified atom stereocenters. The van der Waals surface area contributed by atoms with Crippen LogP contribution in [0.25, 0.3) is 0 Å². The van der Waals surface area contributed by atoms with Gasteiger partial charge in [0.2, 0.25) is 0 Å². The summed E-state index contributed by atoms with van der Waals surface area (Å²) in [5, 5.41) is 2.93. The summed E-state index contributed by atoms with van der Waals surface area (Å²) in [6.07, 6.45) is 2.97. The van der Waals surface area contributed by atoms with E-state index < -0.39 is 0 Å². The van der Waals surface area contributed by atoms with Crippen molar-refractivity contribution in [3.8, 4) is 0 Å². The van der Waals surface area contributed by atoms with Crippen molar-refractivity contribution in [1.29, 1.82) is 0 Å². The predicted octanol–water partition coefficient (Wildman–Crippen LogP) is 1.56. The molecule has 1 saturated heterocycles. The summed E-state index contributed by atoms with van der Waals surface area (Å²) in [6, 6.07) is 0.0389. The van der Waals surface area contributed by atoms with Crippen LogP contribution in [0.1, 0.15) is 20.3 Å². The van der Waals surface area contributed by atoms with Gasteiger partial charge in [-0.25, -0.2) is 4.79 Å². The number of rotatable bonds is 4. The molecule has 0 aliphatic carbocycles. The Kier molecular flexibility index (Phi) is 5.41. The van der Waals surface area contributed by atoms with Crippen LogP contribution < -0.4 is 5.32 Å². The molecule has 1 aliphatic heterocycles. The Morgan fingerprint density at radius 3 is 3.00 bits per heavy atom. The van der Waals surface area contributed by atoms with Crippen LogP contribution in [0.15, 0.2) is 0 Å². The number of nitrogens with one attached hydrogen (secondary N) is 1. The summed E-state index contributed by atoms with van der Waals surface area (Å²) >= 11 is 1.74. The molecule has 0 radical (unpaired) electrons. The van der Waals surface area contributed by atoms with Gasteiger partial charge in [0, 0.05) is 18.8 Å². The number of amides is 2. The van der Waals surface area contributed by atoms with Gasteiger partial charge in [-0.15, -0.1) is 0 Å². The highest BCUT2D eigenvalue weighted by molar-refractivity contribution is 7.98. The first-order valence-corrected chi connectivity index (χ1v) is 7.16. The molecule has 0 spiro atoms. The van der Waals surface area contributed by atoms with Crippen molar-refractivity contribution in [2.24, 2.45) is 0 Å². The molecular formula is C11H22N2O2S. The van der Waals surface area contributed by atoms with Gasteiger partial charge in [0.25, 0.3) is 0 Å². The minimum absolute atomic E-state index is 0.0389. The molecular weight excluding hydrogens is 224 g/mol. The molecule has 1 aliphatic rings.